The summed E-state index contributed by atoms with van der Waals surface area (Å²) in [6, 6.07) is 7.65. The number of morpholine rings is 1. The van der Waals surface area contributed by atoms with E-state index in [1.165, 1.54) is 18.9 Å². The molecule has 2 fully saturated rings. The van der Waals surface area contributed by atoms with Gasteiger partial charge in [-0.05, 0) is 57.5 Å². The van der Waals surface area contributed by atoms with Gasteiger partial charge in [-0.2, -0.15) is 0 Å². The summed E-state index contributed by atoms with van der Waals surface area (Å²) in [5.74, 6) is -0.135. The van der Waals surface area contributed by atoms with Gasteiger partial charge in [0.05, 0.1) is 12.2 Å². The van der Waals surface area contributed by atoms with Gasteiger partial charge in [-0.15, -0.1) is 0 Å². The van der Waals surface area contributed by atoms with Crippen LogP contribution in [0.4, 0.5) is 4.39 Å². The van der Waals surface area contributed by atoms with Gasteiger partial charge < -0.3 is 4.74 Å². The highest BCUT2D eigenvalue weighted by molar-refractivity contribution is 5.16. The summed E-state index contributed by atoms with van der Waals surface area (Å²) in [5, 5.41) is 0. The molecule has 0 radical (unpaired) electrons. The molecule has 22 heavy (non-hydrogen) atoms. The zero-order valence-corrected chi connectivity index (χ0v) is 13.7. The van der Waals surface area contributed by atoms with E-state index in [0.29, 0.717) is 18.2 Å². The maximum atomic E-state index is 13.3. The van der Waals surface area contributed by atoms with Gasteiger partial charge >= 0.3 is 0 Å². The SMILES string of the molecule is C[C@@H]1CN(C2CCN(Cc3cccc(F)c3)CC2)C[C@@H](C)O1. The highest BCUT2D eigenvalue weighted by Gasteiger charge is 2.30. The van der Waals surface area contributed by atoms with Crippen LogP contribution in [0.2, 0.25) is 0 Å². The molecular weight excluding hydrogens is 279 g/mol. The average Bonchev–Trinajstić information content (AvgIpc) is 2.47. The van der Waals surface area contributed by atoms with Crippen molar-refractivity contribution in [2.45, 2.75) is 51.5 Å². The van der Waals surface area contributed by atoms with Crippen molar-refractivity contribution in [3.05, 3.63) is 35.6 Å². The summed E-state index contributed by atoms with van der Waals surface area (Å²) in [5.41, 5.74) is 1.08. The third-order valence-corrected chi connectivity index (χ3v) is 4.82. The van der Waals surface area contributed by atoms with Gasteiger partial charge in [0.1, 0.15) is 5.82 Å². The van der Waals surface area contributed by atoms with E-state index in [0.717, 1.165) is 38.3 Å². The van der Waals surface area contributed by atoms with Crippen molar-refractivity contribution in [1.29, 1.82) is 0 Å². The molecule has 3 nitrogen and oxygen atoms in total. The van der Waals surface area contributed by atoms with Gasteiger partial charge in [-0.25, -0.2) is 4.39 Å². The van der Waals surface area contributed by atoms with Crippen molar-refractivity contribution in [2.24, 2.45) is 0 Å². The zero-order chi connectivity index (χ0) is 15.5. The first-order valence-corrected chi connectivity index (χ1v) is 8.46. The summed E-state index contributed by atoms with van der Waals surface area (Å²) in [6.45, 7) is 9.50. The Balaban J connectivity index is 1.50. The Bertz CT molecular complexity index is 478. The second-order valence-corrected chi connectivity index (χ2v) is 6.85. The number of halogens is 1. The van der Waals surface area contributed by atoms with E-state index in [1.54, 1.807) is 12.1 Å². The molecule has 0 saturated carbocycles. The second kappa shape index (κ2) is 7.07. The number of piperidine rings is 1. The molecule has 0 aromatic heterocycles. The van der Waals surface area contributed by atoms with E-state index in [2.05, 4.69) is 23.6 Å². The quantitative estimate of drug-likeness (QED) is 0.854. The van der Waals surface area contributed by atoms with Crippen LogP contribution < -0.4 is 0 Å². The normalized spacial score (nSPS) is 28.9. The van der Waals surface area contributed by atoms with Crippen molar-refractivity contribution in [2.75, 3.05) is 26.2 Å². The molecule has 0 amide bonds. The van der Waals surface area contributed by atoms with Crippen molar-refractivity contribution < 1.29 is 9.13 Å². The Morgan fingerprint density at radius 1 is 1.14 bits per heavy atom. The number of rotatable bonds is 3. The van der Waals surface area contributed by atoms with Gasteiger partial charge in [0, 0.05) is 25.7 Å². The maximum absolute atomic E-state index is 13.3. The fraction of sp³-hybridized carbons (Fsp3) is 0.667. The predicted molar refractivity (Wildman–Crippen MR) is 86.3 cm³/mol. The molecule has 0 unspecified atom stereocenters. The van der Waals surface area contributed by atoms with Crippen LogP contribution in [0.3, 0.4) is 0 Å². The molecule has 3 rings (SSSR count). The minimum atomic E-state index is -0.135. The largest absolute Gasteiger partial charge is 0.373 e. The first kappa shape index (κ1) is 15.9. The molecule has 0 N–H and O–H groups in total. The second-order valence-electron chi connectivity index (χ2n) is 6.85. The monoisotopic (exact) mass is 306 g/mol. The number of likely N-dealkylation sites (tertiary alicyclic amines) is 1. The topological polar surface area (TPSA) is 15.7 Å². The predicted octanol–water partition coefficient (Wildman–Crippen LogP) is 2.90. The summed E-state index contributed by atoms with van der Waals surface area (Å²) < 4.78 is 19.1. The minimum Gasteiger partial charge on any atom is -0.373 e. The molecule has 1 aromatic carbocycles. The average molecular weight is 306 g/mol. The first-order chi connectivity index (χ1) is 10.6. The van der Waals surface area contributed by atoms with Gasteiger partial charge in [-0.3, -0.25) is 9.80 Å². The fourth-order valence-corrected chi connectivity index (χ4v) is 3.85. The minimum absolute atomic E-state index is 0.135. The summed E-state index contributed by atoms with van der Waals surface area (Å²) in [7, 11) is 0. The Hall–Kier alpha value is -0.970. The first-order valence-electron chi connectivity index (χ1n) is 8.46. The fourth-order valence-electron chi connectivity index (χ4n) is 3.85. The summed E-state index contributed by atoms with van der Waals surface area (Å²) in [4.78, 5) is 5.05. The maximum Gasteiger partial charge on any atom is 0.123 e. The molecule has 2 aliphatic rings. The Kier molecular flexibility index (Phi) is 5.11. The van der Waals surface area contributed by atoms with Crippen LogP contribution in [0.15, 0.2) is 24.3 Å². The van der Waals surface area contributed by atoms with Crippen LogP contribution in [0.1, 0.15) is 32.3 Å². The molecule has 0 aliphatic carbocycles. The molecule has 2 atom stereocenters. The van der Waals surface area contributed by atoms with Gasteiger partial charge in [0.15, 0.2) is 0 Å². The Labute approximate surface area is 133 Å². The third-order valence-electron chi connectivity index (χ3n) is 4.82. The summed E-state index contributed by atoms with van der Waals surface area (Å²) >= 11 is 0. The highest BCUT2D eigenvalue weighted by atomic mass is 19.1. The van der Waals surface area contributed by atoms with Crippen LogP contribution >= 0.6 is 0 Å². The van der Waals surface area contributed by atoms with Gasteiger partial charge in [0.2, 0.25) is 0 Å². The smallest absolute Gasteiger partial charge is 0.123 e. The number of ether oxygens (including phenoxy) is 1. The molecule has 122 valence electrons. The lowest BCUT2D eigenvalue weighted by molar-refractivity contribution is -0.0865. The zero-order valence-electron chi connectivity index (χ0n) is 13.7. The van der Waals surface area contributed by atoms with E-state index >= 15 is 0 Å². The van der Waals surface area contributed by atoms with Crippen molar-refractivity contribution >= 4 is 0 Å². The number of hydrogen-bond donors (Lipinski definition) is 0. The number of benzene rings is 1. The van der Waals surface area contributed by atoms with Crippen LogP contribution in [0.25, 0.3) is 0 Å². The van der Waals surface area contributed by atoms with E-state index < -0.39 is 0 Å². The van der Waals surface area contributed by atoms with Crippen LogP contribution in [0.5, 0.6) is 0 Å². The van der Waals surface area contributed by atoms with E-state index in [-0.39, 0.29) is 5.82 Å². The Morgan fingerprint density at radius 3 is 2.45 bits per heavy atom. The van der Waals surface area contributed by atoms with E-state index in [9.17, 15) is 4.39 Å². The van der Waals surface area contributed by atoms with Crippen LogP contribution in [-0.4, -0.2) is 54.2 Å². The van der Waals surface area contributed by atoms with Gasteiger partial charge in [-0.1, -0.05) is 12.1 Å². The number of nitrogens with zero attached hydrogens (tertiary/aromatic N) is 2. The Morgan fingerprint density at radius 2 is 1.82 bits per heavy atom. The lowest BCUT2D eigenvalue weighted by Crippen LogP contribution is -2.53. The van der Waals surface area contributed by atoms with E-state index in [4.69, 9.17) is 4.74 Å². The number of hydrogen-bond acceptors (Lipinski definition) is 3. The van der Waals surface area contributed by atoms with Crippen molar-refractivity contribution in [3.63, 3.8) is 0 Å². The highest BCUT2D eigenvalue weighted by Crippen LogP contribution is 2.22. The third kappa shape index (κ3) is 4.06. The van der Waals surface area contributed by atoms with Crippen molar-refractivity contribution in [1.82, 2.24) is 9.80 Å². The van der Waals surface area contributed by atoms with Crippen LogP contribution in [0, 0.1) is 5.82 Å². The standard InChI is InChI=1S/C18H27FN2O/c1-14-11-21(12-15(2)22-14)18-6-8-20(9-7-18)13-16-4-3-5-17(19)10-16/h3-5,10,14-15,18H,6-9,11-13H2,1-2H3/t14-,15-/m1/s1. The van der Waals surface area contributed by atoms with Crippen molar-refractivity contribution in [3.8, 4) is 0 Å². The summed E-state index contributed by atoms with van der Waals surface area (Å²) in [6.07, 6.45) is 3.09. The van der Waals surface area contributed by atoms with E-state index in [1.807, 2.05) is 6.07 Å². The molecular formula is C18H27FN2O. The van der Waals surface area contributed by atoms with Crippen LogP contribution in [-0.2, 0) is 11.3 Å². The molecule has 1 aromatic rings. The lowest BCUT2D eigenvalue weighted by Gasteiger charge is -2.43. The molecule has 2 aliphatic heterocycles. The van der Waals surface area contributed by atoms with Gasteiger partial charge in [0.25, 0.3) is 0 Å². The molecule has 0 bridgehead atoms. The molecule has 4 heteroatoms. The molecule has 0 spiro atoms. The molecule has 2 heterocycles. The lowest BCUT2D eigenvalue weighted by atomic mass is 10.0. The molecule has 2 saturated heterocycles.